The van der Waals surface area contributed by atoms with E-state index in [-0.39, 0.29) is 10.8 Å². The summed E-state index contributed by atoms with van der Waals surface area (Å²) in [6.07, 6.45) is 11.8. The van der Waals surface area contributed by atoms with Gasteiger partial charge in [-0.25, -0.2) is 0 Å². The zero-order chi connectivity index (χ0) is 48.4. The molecule has 2 nitrogen and oxygen atoms in total. The van der Waals surface area contributed by atoms with Crippen molar-refractivity contribution in [1.82, 2.24) is 4.57 Å². The van der Waals surface area contributed by atoms with Crippen LogP contribution in [0.3, 0.4) is 0 Å². The molecule has 73 heavy (non-hydrogen) atoms. The third kappa shape index (κ3) is 6.41. The lowest BCUT2D eigenvalue weighted by Gasteiger charge is -2.54. The molecule has 10 aromatic rings. The highest BCUT2D eigenvalue weighted by Crippen LogP contribution is 2.65. The number of anilines is 3. The van der Waals surface area contributed by atoms with Crippen LogP contribution in [0, 0.1) is 23.7 Å². The van der Waals surface area contributed by atoms with E-state index in [1.54, 1.807) is 11.1 Å². The zero-order valence-electron chi connectivity index (χ0n) is 42.2. The van der Waals surface area contributed by atoms with Crippen LogP contribution in [0.15, 0.2) is 206 Å². The Balaban J connectivity index is 0.897. The van der Waals surface area contributed by atoms with Crippen molar-refractivity contribution in [3.8, 4) is 50.2 Å². The van der Waals surface area contributed by atoms with Gasteiger partial charge in [-0.05, 0) is 196 Å². The van der Waals surface area contributed by atoms with Gasteiger partial charge in [0.25, 0.3) is 0 Å². The Morgan fingerprint density at radius 1 is 0.411 bits per heavy atom. The summed E-state index contributed by atoms with van der Waals surface area (Å²) in [5.74, 6) is 2.97. The number of hydrogen-bond acceptors (Lipinski definition) is 1. The van der Waals surface area contributed by atoms with Gasteiger partial charge in [0, 0.05) is 44.4 Å². The molecule has 356 valence electrons. The van der Waals surface area contributed by atoms with Crippen LogP contribution in [-0.4, -0.2) is 4.57 Å². The maximum Gasteiger partial charge on any atom is 0.0547 e. The Morgan fingerprint density at radius 3 is 1.86 bits per heavy atom. The summed E-state index contributed by atoms with van der Waals surface area (Å²) in [6.45, 7) is 5.09. The summed E-state index contributed by atoms with van der Waals surface area (Å²) in [5.41, 5.74) is 24.2. The topological polar surface area (TPSA) is 8.17 Å². The van der Waals surface area contributed by atoms with Gasteiger partial charge in [0.15, 0.2) is 0 Å². The molecule has 5 aliphatic rings. The molecule has 0 saturated heterocycles. The molecule has 5 atom stereocenters. The van der Waals surface area contributed by atoms with Crippen molar-refractivity contribution >= 4 is 38.9 Å². The molecule has 9 aromatic carbocycles. The third-order valence-electron chi connectivity index (χ3n) is 19.1. The van der Waals surface area contributed by atoms with Gasteiger partial charge in [-0.15, -0.1) is 0 Å². The first kappa shape index (κ1) is 43.2. The molecule has 15 rings (SSSR count). The lowest BCUT2D eigenvalue weighted by molar-refractivity contribution is 0.0426. The van der Waals surface area contributed by atoms with Gasteiger partial charge in [0.2, 0.25) is 0 Å². The van der Waals surface area contributed by atoms with E-state index < -0.39 is 0 Å². The highest BCUT2D eigenvalue weighted by atomic mass is 15.1. The molecule has 5 aliphatic carbocycles. The van der Waals surface area contributed by atoms with Gasteiger partial charge >= 0.3 is 0 Å². The normalized spacial score (nSPS) is 22.1. The van der Waals surface area contributed by atoms with Gasteiger partial charge in [0.1, 0.15) is 0 Å². The van der Waals surface area contributed by atoms with Crippen LogP contribution in [0.25, 0.3) is 72.0 Å². The lowest BCUT2D eigenvalue weighted by atomic mass is 9.49. The number of para-hydroxylation sites is 1. The summed E-state index contributed by atoms with van der Waals surface area (Å²) < 4.78 is 2.50. The van der Waals surface area contributed by atoms with E-state index in [0.717, 1.165) is 23.2 Å². The van der Waals surface area contributed by atoms with E-state index in [1.807, 2.05) is 0 Å². The van der Waals surface area contributed by atoms with Gasteiger partial charge in [-0.1, -0.05) is 173 Å². The zero-order valence-corrected chi connectivity index (χ0v) is 42.2. The van der Waals surface area contributed by atoms with Crippen molar-refractivity contribution in [2.45, 2.75) is 82.5 Å². The smallest absolute Gasteiger partial charge is 0.0547 e. The fraction of sp³-hybridized carbons (Fsp3) is 0.239. The average Bonchev–Trinajstić information content (AvgIpc) is 4.03. The van der Waals surface area contributed by atoms with E-state index in [9.17, 15) is 0 Å². The highest BCUT2D eigenvalue weighted by Gasteiger charge is 2.56. The standard InChI is InChI=1S/C71H62N2/c1-46-37-48-39-47(2)71(53(38-46)40-48)66-26-13-11-24-59(66)61-42-51(28-32-67(61)71)52-27-31-60-63-45-57(30-34-68(63)73(69(60)43-52)54-20-8-4-9-21-54)72(55-22-16-19-50(41-55)49-17-6-3-7-18-49)56-29-33-65-62(44-56)58-23-10-12-25-64(58)70(65)35-14-5-15-36-70/h3-4,6-13,16-34,41-48,53H,5,14-15,35-40H2,1-2H3/t46-,47+,48?,53-,71-/m1/s1. The van der Waals surface area contributed by atoms with Crippen molar-refractivity contribution in [2.24, 2.45) is 23.7 Å². The van der Waals surface area contributed by atoms with Crippen LogP contribution >= 0.6 is 0 Å². The molecule has 0 N–H and O–H groups in total. The van der Waals surface area contributed by atoms with Crippen LogP contribution in [-0.2, 0) is 10.8 Å². The fourth-order valence-electron chi connectivity index (χ4n) is 16.3. The molecule has 1 aromatic heterocycles. The van der Waals surface area contributed by atoms with Crippen LogP contribution < -0.4 is 4.90 Å². The van der Waals surface area contributed by atoms with Crippen LogP contribution in [0.1, 0.15) is 93.9 Å². The Bertz CT molecular complexity index is 3790. The van der Waals surface area contributed by atoms with Crippen LogP contribution in [0.5, 0.6) is 0 Å². The molecular weight excluding hydrogens is 881 g/mol. The van der Waals surface area contributed by atoms with Gasteiger partial charge in [-0.3, -0.25) is 0 Å². The van der Waals surface area contributed by atoms with E-state index in [4.69, 9.17) is 0 Å². The maximum absolute atomic E-state index is 2.58. The highest BCUT2D eigenvalue weighted by molar-refractivity contribution is 6.12. The Kier molecular flexibility index (Phi) is 9.79. The molecule has 2 bridgehead atoms. The predicted octanol–water partition coefficient (Wildman–Crippen LogP) is 19.2. The fourth-order valence-corrected chi connectivity index (χ4v) is 16.3. The predicted molar refractivity (Wildman–Crippen MR) is 306 cm³/mol. The first-order valence-corrected chi connectivity index (χ1v) is 27.5. The van der Waals surface area contributed by atoms with Crippen molar-refractivity contribution in [2.75, 3.05) is 4.90 Å². The number of aromatic nitrogens is 1. The molecule has 1 unspecified atom stereocenters. The first-order chi connectivity index (χ1) is 36.0. The maximum atomic E-state index is 2.58. The minimum atomic E-state index is 0.0929. The Hall–Kier alpha value is -7.42. The van der Waals surface area contributed by atoms with Crippen molar-refractivity contribution in [3.05, 3.63) is 229 Å². The summed E-state index contributed by atoms with van der Waals surface area (Å²) in [7, 11) is 0. The Labute approximate surface area is 431 Å². The number of hydrogen-bond donors (Lipinski definition) is 0. The number of nitrogens with zero attached hydrogens (tertiary/aromatic N) is 2. The van der Waals surface area contributed by atoms with E-state index >= 15 is 0 Å². The molecule has 0 radical (unpaired) electrons. The third-order valence-corrected chi connectivity index (χ3v) is 19.1. The molecule has 0 amide bonds. The minimum absolute atomic E-state index is 0.0929. The quantitative estimate of drug-likeness (QED) is 0.161. The molecule has 0 aliphatic heterocycles. The number of fused-ring (bicyclic) bond motifs is 16. The summed E-state index contributed by atoms with van der Waals surface area (Å²) in [4.78, 5) is 2.51. The number of benzene rings is 9. The van der Waals surface area contributed by atoms with E-state index in [1.165, 1.54) is 147 Å². The van der Waals surface area contributed by atoms with Crippen molar-refractivity contribution in [1.29, 1.82) is 0 Å². The Morgan fingerprint density at radius 2 is 1.03 bits per heavy atom. The van der Waals surface area contributed by atoms with Crippen LogP contribution in [0.4, 0.5) is 17.1 Å². The van der Waals surface area contributed by atoms with Crippen molar-refractivity contribution < 1.29 is 0 Å². The summed E-state index contributed by atoms with van der Waals surface area (Å²) in [6, 6.07) is 79.2. The van der Waals surface area contributed by atoms with Gasteiger partial charge < -0.3 is 9.47 Å². The second kappa shape index (κ2) is 16.6. The second-order valence-electron chi connectivity index (χ2n) is 23.0. The molecule has 2 spiro atoms. The monoisotopic (exact) mass is 942 g/mol. The van der Waals surface area contributed by atoms with Gasteiger partial charge in [0.05, 0.1) is 11.0 Å². The SMILES string of the molecule is C[C@@H]1CC2C[C@@H](C1)[C@@]1(c3ccccc3-c3cc(-c4ccc5c6cc(N(c7cccc(-c8ccccc8)c7)c7ccc8c(c7)-c7ccccc7C87CCCCC7)ccc6n(-c6ccccc6)c5c4)ccc31)[C@@H](C)C2. The molecule has 1 heterocycles. The van der Waals surface area contributed by atoms with Crippen molar-refractivity contribution in [3.63, 3.8) is 0 Å². The average molecular weight is 943 g/mol. The largest absolute Gasteiger partial charge is 0.310 e. The molecule has 3 saturated carbocycles. The number of rotatable bonds is 6. The lowest BCUT2D eigenvalue weighted by Crippen LogP contribution is -2.49. The molecule has 3 fully saturated rings. The molecular formula is C71H62N2. The van der Waals surface area contributed by atoms with Crippen LogP contribution in [0.2, 0.25) is 0 Å². The second-order valence-corrected chi connectivity index (χ2v) is 23.0. The molecule has 2 heteroatoms. The summed E-state index contributed by atoms with van der Waals surface area (Å²) in [5, 5.41) is 2.50. The minimum Gasteiger partial charge on any atom is -0.310 e. The van der Waals surface area contributed by atoms with E-state index in [0.29, 0.717) is 11.8 Å². The van der Waals surface area contributed by atoms with Gasteiger partial charge in [-0.2, -0.15) is 0 Å². The van der Waals surface area contributed by atoms with E-state index in [2.05, 4.69) is 230 Å². The summed E-state index contributed by atoms with van der Waals surface area (Å²) >= 11 is 0. The first-order valence-electron chi connectivity index (χ1n) is 27.5.